The maximum atomic E-state index is 12.7. The van der Waals surface area contributed by atoms with Crippen LogP contribution >= 0.6 is 11.8 Å². The Balaban J connectivity index is 1.72. The first-order chi connectivity index (χ1) is 14.4. The molecule has 0 aromatic heterocycles. The van der Waals surface area contributed by atoms with Gasteiger partial charge in [-0.15, -0.1) is 0 Å². The molecule has 3 amide bonds. The van der Waals surface area contributed by atoms with Crippen LogP contribution < -0.4 is 9.47 Å². The van der Waals surface area contributed by atoms with Gasteiger partial charge in [0.05, 0.1) is 31.3 Å². The second kappa shape index (κ2) is 9.99. The van der Waals surface area contributed by atoms with Gasteiger partial charge in [-0.1, -0.05) is 13.0 Å². The first kappa shape index (κ1) is 22.2. The molecule has 2 aliphatic rings. The van der Waals surface area contributed by atoms with Gasteiger partial charge in [-0.3, -0.25) is 19.3 Å². The number of ether oxygens (including phenoxy) is 3. The minimum atomic E-state index is -0.467. The third kappa shape index (κ3) is 5.14. The summed E-state index contributed by atoms with van der Waals surface area (Å²) in [4.78, 5) is 40.3. The summed E-state index contributed by atoms with van der Waals surface area (Å²) in [7, 11) is 1.55. The molecule has 0 N–H and O–H groups in total. The van der Waals surface area contributed by atoms with Gasteiger partial charge in [-0.2, -0.15) is 0 Å². The highest BCUT2D eigenvalue weighted by Crippen LogP contribution is 2.35. The molecular formula is C21H26N2O6S. The van der Waals surface area contributed by atoms with Crippen LogP contribution in [0.2, 0.25) is 0 Å². The van der Waals surface area contributed by atoms with Crippen molar-refractivity contribution in [2.45, 2.75) is 26.4 Å². The lowest BCUT2D eigenvalue weighted by Gasteiger charge is -2.28. The molecule has 3 rings (SSSR count). The molecule has 162 valence electrons. The summed E-state index contributed by atoms with van der Waals surface area (Å²) < 4.78 is 16.5. The molecule has 0 saturated carbocycles. The van der Waals surface area contributed by atoms with Crippen molar-refractivity contribution in [1.82, 2.24) is 9.80 Å². The SMILES string of the molecule is CC[C@H](C)Oc1ccc(/C=C2/SC(=O)N(CC(=O)N3CCOCC3)C2=O)cc1OC. The molecule has 2 aliphatic heterocycles. The van der Waals surface area contributed by atoms with Crippen LogP contribution in [-0.4, -0.2) is 72.9 Å². The van der Waals surface area contributed by atoms with Crippen LogP contribution in [-0.2, 0) is 14.3 Å². The fourth-order valence-corrected chi connectivity index (χ4v) is 3.85. The van der Waals surface area contributed by atoms with Gasteiger partial charge in [-0.25, -0.2) is 0 Å². The van der Waals surface area contributed by atoms with Crippen molar-refractivity contribution in [3.63, 3.8) is 0 Å². The third-order valence-electron chi connectivity index (χ3n) is 4.92. The Morgan fingerprint density at radius 2 is 2.00 bits per heavy atom. The van der Waals surface area contributed by atoms with E-state index >= 15 is 0 Å². The van der Waals surface area contributed by atoms with Crippen LogP contribution in [0.1, 0.15) is 25.8 Å². The van der Waals surface area contributed by atoms with Gasteiger partial charge in [0.1, 0.15) is 6.54 Å². The zero-order chi connectivity index (χ0) is 21.7. The molecular weight excluding hydrogens is 408 g/mol. The van der Waals surface area contributed by atoms with Crippen molar-refractivity contribution in [3.8, 4) is 11.5 Å². The van der Waals surface area contributed by atoms with Crippen LogP contribution in [0.4, 0.5) is 4.79 Å². The quantitative estimate of drug-likeness (QED) is 0.610. The van der Waals surface area contributed by atoms with Crippen molar-refractivity contribution in [2.75, 3.05) is 40.0 Å². The number of imide groups is 1. The number of nitrogens with zero attached hydrogens (tertiary/aromatic N) is 2. The van der Waals surface area contributed by atoms with E-state index < -0.39 is 11.1 Å². The lowest BCUT2D eigenvalue weighted by atomic mass is 10.1. The highest BCUT2D eigenvalue weighted by Gasteiger charge is 2.37. The Bertz CT molecular complexity index is 850. The van der Waals surface area contributed by atoms with Gasteiger partial charge >= 0.3 is 0 Å². The molecule has 0 bridgehead atoms. The van der Waals surface area contributed by atoms with Crippen molar-refractivity contribution in [3.05, 3.63) is 28.7 Å². The molecule has 30 heavy (non-hydrogen) atoms. The van der Waals surface area contributed by atoms with Crippen molar-refractivity contribution in [1.29, 1.82) is 0 Å². The Morgan fingerprint density at radius 1 is 1.27 bits per heavy atom. The molecule has 1 aromatic carbocycles. The zero-order valence-electron chi connectivity index (χ0n) is 17.4. The minimum absolute atomic E-state index is 0.0465. The largest absolute Gasteiger partial charge is 0.493 e. The molecule has 2 heterocycles. The summed E-state index contributed by atoms with van der Waals surface area (Å²) >= 11 is 0.828. The zero-order valence-corrected chi connectivity index (χ0v) is 18.2. The van der Waals surface area contributed by atoms with E-state index in [1.54, 1.807) is 36.3 Å². The molecule has 0 aliphatic carbocycles. The monoisotopic (exact) mass is 434 g/mol. The summed E-state index contributed by atoms with van der Waals surface area (Å²) in [5.74, 6) is 0.444. The smallest absolute Gasteiger partial charge is 0.294 e. The van der Waals surface area contributed by atoms with Gasteiger partial charge < -0.3 is 19.1 Å². The standard InChI is InChI=1S/C21H26N2O6S/c1-4-14(2)29-16-6-5-15(11-17(16)27-3)12-18-20(25)23(21(26)30-18)13-19(24)22-7-9-28-10-8-22/h5-6,11-12,14H,4,7-10,13H2,1-3H3/b18-12+/t14-/m0/s1. The van der Waals surface area contributed by atoms with Gasteiger partial charge in [0.2, 0.25) is 5.91 Å². The van der Waals surface area contributed by atoms with E-state index in [9.17, 15) is 14.4 Å². The second-order valence-electron chi connectivity index (χ2n) is 7.01. The molecule has 2 fully saturated rings. The molecule has 0 spiro atoms. The minimum Gasteiger partial charge on any atom is -0.493 e. The molecule has 8 nitrogen and oxygen atoms in total. The number of amides is 3. The molecule has 0 unspecified atom stereocenters. The van der Waals surface area contributed by atoms with Crippen LogP contribution in [0.15, 0.2) is 23.1 Å². The van der Waals surface area contributed by atoms with Crippen molar-refractivity contribution >= 4 is 34.9 Å². The van der Waals surface area contributed by atoms with E-state index in [-0.39, 0.29) is 23.5 Å². The Labute approximate surface area is 180 Å². The number of hydrogen-bond acceptors (Lipinski definition) is 7. The van der Waals surface area contributed by atoms with Crippen LogP contribution in [0.25, 0.3) is 6.08 Å². The molecule has 0 radical (unpaired) electrons. The fourth-order valence-electron chi connectivity index (χ4n) is 3.01. The third-order valence-corrected chi connectivity index (χ3v) is 5.83. The van der Waals surface area contributed by atoms with Gasteiger partial charge in [0.25, 0.3) is 11.1 Å². The topological polar surface area (TPSA) is 85.4 Å². The van der Waals surface area contributed by atoms with Crippen molar-refractivity contribution in [2.24, 2.45) is 0 Å². The molecule has 1 aromatic rings. The summed E-state index contributed by atoms with van der Waals surface area (Å²) in [6, 6.07) is 5.33. The number of rotatable bonds is 7. The number of carbonyl (C=O) groups is 3. The van der Waals surface area contributed by atoms with Crippen LogP contribution in [0, 0.1) is 0 Å². The fraction of sp³-hybridized carbons (Fsp3) is 0.476. The van der Waals surface area contributed by atoms with E-state index in [0.717, 1.165) is 23.1 Å². The van der Waals surface area contributed by atoms with E-state index in [4.69, 9.17) is 14.2 Å². The van der Waals surface area contributed by atoms with Crippen LogP contribution in [0.5, 0.6) is 11.5 Å². The average Bonchev–Trinajstić information content (AvgIpc) is 3.02. The second-order valence-corrected chi connectivity index (χ2v) is 8.00. The average molecular weight is 435 g/mol. The number of carbonyl (C=O) groups excluding carboxylic acids is 3. The summed E-state index contributed by atoms with van der Waals surface area (Å²) in [5.41, 5.74) is 0.702. The molecule has 2 saturated heterocycles. The van der Waals surface area contributed by atoms with Crippen LogP contribution in [0.3, 0.4) is 0 Å². The predicted octanol–water partition coefficient (Wildman–Crippen LogP) is 2.77. The number of thioether (sulfide) groups is 1. The van der Waals surface area contributed by atoms with E-state index in [1.807, 2.05) is 13.8 Å². The first-order valence-electron chi connectivity index (χ1n) is 9.88. The summed E-state index contributed by atoms with van der Waals surface area (Å²) in [5, 5.41) is -0.448. The van der Waals surface area contributed by atoms with E-state index in [0.29, 0.717) is 43.4 Å². The Hall–Kier alpha value is -2.52. The van der Waals surface area contributed by atoms with E-state index in [1.165, 1.54) is 0 Å². The highest BCUT2D eigenvalue weighted by molar-refractivity contribution is 8.18. The first-order valence-corrected chi connectivity index (χ1v) is 10.7. The summed E-state index contributed by atoms with van der Waals surface area (Å²) in [6.07, 6.45) is 2.53. The van der Waals surface area contributed by atoms with Gasteiger partial charge in [0.15, 0.2) is 11.5 Å². The lowest BCUT2D eigenvalue weighted by Crippen LogP contribution is -2.46. The number of benzene rings is 1. The summed E-state index contributed by atoms with van der Waals surface area (Å²) in [6.45, 7) is 5.61. The predicted molar refractivity (Wildman–Crippen MR) is 113 cm³/mol. The number of morpholine rings is 1. The highest BCUT2D eigenvalue weighted by atomic mass is 32.2. The number of methoxy groups -OCH3 is 1. The van der Waals surface area contributed by atoms with E-state index in [2.05, 4.69) is 0 Å². The maximum Gasteiger partial charge on any atom is 0.294 e. The van der Waals surface area contributed by atoms with Gasteiger partial charge in [-0.05, 0) is 48.9 Å². The lowest BCUT2D eigenvalue weighted by molar-refractivity contribution is -0.139. The Kier molecular flexibility index (Phi) is 7.38. The number of hydrogen-bond donors (Lipinski definition) is 0. The molecule has 9 heteroatoms. The Morgan fingerprint density at radius 3 is 2.67 bits per heavy atom. The maximum absolute atomic E-state index is 12.7. The van der Waals surface area contributed by atoms with Gasteiger partial charge in [0, 0.05) is 13.1 Å². The molecule has 1 atom stereocenters. The normalized spacial score (nSPS) is 19.4. The van der Waals surface area contributed by atoms with Crippen molar-refractivity contribution < 1.29 is 28.6 Å².